The molecule has 3 aromatic carbocycles. The molecule has 0 amide bonds. The van der Waals surface area contributed by atoms with E-state index < -0.39 is 17.7 Å². The number of benzene rings is 3. The molecule has 0 aliphatic heterocycles. The van der Waals surface area contributed by atoms with Gasteiger partial charge in [-0.3, -0.25) is 0 Å². The quantitative estimate of drug-likeness (QED) is 0.317. The summed E-state index contributed by atoms with van der Waals surface area (Å²) in [6.45, 7) is 0.289. The summed E-state index contributed by atoms with van der Waals surface area (Å²) in [4.78, 5) is 15.8. The number of nitrogens with one attached hydrogen (secondary N) is 1. The van der Waals surface area contributed by atoms with Crippen molar-refractivity contribution >= 4 is 17.0 Å². The lowest BCUT2D eigenvalue weighted by atomic mass is 10.1. The van der Waals surface area contributed by atoms with Crippen molar-refractivity contribution < 1.29 is 13.2 Å². The van der Waals surface area contributed by atoms with Crippen LogP contribution in [0.3, 0.4) is 0 Å². The van der Waals surface area contributed by atoms with Crippen molar-refractivity contribution in [2.45, 2.75) is 6.04 Å². The van der Waals surface area contributed by atoms with Crippen LogP contribution >= 0.6 is 0 Å². The van der Waals surface area contributed by atoms with Gasteiger partial charge in [0.25, 0.3) is 0 Å². The predicted molar refractivity (Wildman–Crippen MR) is 132 cm³/mol. The second-order valence-corrected chi connectivity index (χ2v) is 8.33. The number of fused-ring (bicyclic) bond motifs is 1. The molecule has 35 heavy (non-hydrogen) atoms. The van der Waals surface area contributed by atoms with E-state index >= 15 is 0 Å². The van der Waals surface area contributed by atoms with Gasteiger partial charge < -0.3 is 14.6 Å². The fourth-order valence-electron chi connectivity index (χ4n) is 3.90. The Morgan fingerprint density at radius 3 is 2.20 bits per heavy atom. The summed E-state index contributed by atoms with van der Waals surface area (Å²) in [6, 6.07) is 22.3. The number of rotatable bonds is 7. The molecule has 5 aromatic rings. The summed E-state index contributed by atoms with van der Waals surface area (Å²) in [5.41, 5.74) is 2.84. The number of hydrogen-bond acceptors (Lipinski definition) is 6. The second kappa shape index (κ2) is 9.60. The van der Waals surface area contributed by atoms with Gasteiger partial charge in [0.05, 0.1) is 6.04 Å². The number of hydrogen-bond donors (Lipinski definition) is 1. The molecular weight excluding hydrogens is 448 g/mol. The predicted octanol–water partition coefficient (Wildman–Crippen LogP) is 5.94. The van der Waals surface area contributed by atoms with E-state index in [1.165, 1.54) is 12.1 Å². The molecule has 0 spiro atoms. The summed E-state index contributed by atoms with van der Waals surface area (Å²) in [5, 5.41) is 3.30. The molecule has 0 aliphatic carbocycles. The smallest absolute Gasteiger partial charge is 0.229 e. The zero-order chi connectivity index (χ0) is 24.4. The molecule has 0 radical (unpaired) electrons. The van der Waals surface area contributed by atoms with Crippen LogP contribution in [0.25, 0.3) is 34.1 Å². The van der Waals surface area contributed by atoms with Gasteiger partial charge in [-0.05, 0) is 32.3 Å². The molecule has 0 saturated heterocycles. The average Bonchev–Trinajstić information content (AvgIpc) is 3.30. The monoisotopic (exact) mass is 471 g/mol. The third-order valence-corrected chi connectivity index (χ3v) is 5.71. The van der Waals surface area contributed by atoms with Crippen molar-refractivity contribution in [2.24, 2.45) is 0 Å². The number of nitrogens with zero attached hydrogens (tertiary/aromatic N) is 4. The first kappa shape index (κ1) is 22.6. The minimum atomic E-state index is -0.614. The van der Waals surface area contributed by atoms with Gasteiger partial charge in [-0.1, -0.05) is 54.6 Å². The van der Waals surface area contributed by atoms with E-state index in [1.807, 2.05) is 79.7 Å². The summed E-state index contributed by atoms with van der Waals surface area (Å²) >= 11 is 0. The van der Waals surface area contributed by atoms with Crippen LogP contribution in [0.2, 0.25) is 0 Å². The highest BCUT2D eigenvalue weighted by Crippen LogP contribution is 2.31. The van der Waals surface area contributed by atoms with Gasteiger partial charge in [0.15, 0.2) is 11.6 Å². The summed E-state index contributed by atoms with van der Waals surface area (Å²) in [5.74, 6) is 0.142. The van der Waals surface area contributed by atoms with Crippen LogP contribution < -0.4 is 5.32 Å². The van der Waals surface area contributed by atoms with Gasteiger partial charge in [0, 0.05) is 29.3 Å². The highest BCUT2D eigenvalue weighted by atomic mass is 19.1. The lowest BCUT2D eigenvalue weighted by molar-refractivity contribution is 0.303. The zero-order valence-electron chi connectivity index (χ0n) is 19.2. The molecule has 1 N–H and O–H groups in total. The Hall–Kier alpha value is -4.17. The van der Waals surface area contributed by atoms with Gasteiger partial charge >= 0.3 is 0 Å². The third kappa shape index (κ3) is 4.74. The highest BCUT2D eigenvalue weighted by molar-refractivity contribution is 5.84. The first-order valence-corrected chi connectivity index (χ1v) is 11.1. The number of aromatic nitrogens is 3. The van der Waals surface area contributed by atoms with Crippen molar-refractivity contribution in [2.75, 3.05) is 26.0 Å². The largest absolute Gasteiger partial charge is 0.430 e. The summed E-state index contributed by atoms with van der Waals surface area (Å²) in [7, 11) is 3.67. The molecule has 0 aliphatic rings. The highest BCUT2D eigenvalue weighted by Gasteiger charge is 2.22. The minimum absolute atomic E-state index is 0.289. The van der Waals surface area contributed by atoms with Crippen molar-refractivity contribution in [1.29, 1.82) is 0 Å². The van der Waals surface area contributed by atoms with Crippen molar-refractivity contribution in [3.05, 3.63) is 96.1 Å². The molecule has 5 rings (SSSR count). The van der Waals surface area contributed by atoms with Crippen LogP contribution in [0.15, 0.2) is 83.3 Å². The molecule has 0 bridgehead atoms. The van der Waals surface area contributed by atoms with E-state index in [1.54, 1.807) is 0 Å². The molecule has 8 heteroatoms. The Morgan fingerprint density at radius 2 is 1.54 bits per heavy atom. The number of anilines is 1. The minimum Gasteiger partial charge on any atom is -0.430 e. The molecular formula is C27H23F2N5O. The van der Waals surface area contributed by atoms with Crippen LogP contribution in [-0.4, -0.2) is 40.5 Å². The van der Waals surface area contributed by atoms with Crippen LogP contribution in [-0.2, 0) is 0 Å². The van der Waals surface area contributed by atoms with Crippen LogP contribution in [0.1, 0.15) is 11.6 Å². The standard InChI is InChI=1S/C27H23F2N5O/c1-34(2)22(20-14-13-19(28)15-21(20)29)16-30-25-23-26(32-24(31-25)17-9-5-3-6-10-17)33-27(35-23)18-11-7-4-8-12-18/h3-15,22H,16H2,1-2H3,(H,30,31,32)/t22-/m1/s1. The number of oxazole rings is 1. The van der Waals surface area contributed by atoms with Gasteiger partial charge in [-0.25, -0.2) is 18.7 Å². The van der Waals surface area contributed by atoms with E-state index in [4.69, 9.17) is 9.40 Å². The molecule has 0 unspecified atom stereocenters. The van der Waals surface area contributed by atoms with Crippen LogP contribution in [0, 0.1) is 11.6 Å². The van der Waals surface area contributed by atoms with Crippen molar-refractivity contribution in [1.82, 2.24) is 19.9 Å². The van der Waals surface area contributed by atoms with Crippen molar-refractivity contribution in [3.8, 4) is 22.8 Å². The molecule has 0 fully saturated rings. The second-order valence-electron chi connectivity index (χ2n) is 8.33. The molecule has 2 heterocycles. The first-order valence-electron chi connectivity index (χ1n) is 11.1. The van der Waals surface area contributed by atoms with Crippen LogP contribution in [0.4, 0.5) is 14.6 Å². The molecule has 6 nitrogen and oxygen atoms in total. The Labute approximate surface area is 201 Å². The molecule has 0 saturated carbocycles. The van der Waals surface area contributed by atoms with E-state index in [0.29, 0.717) is 34.3 Å². The van der Waals surface area contributed by atoms with Gasteiger partial charge in [-0.2, -0.15) is 4.98 Å². The number of halogens is 2. The lowest BCUT2D eigenvalue weighted by Crippen LogP contribution is -2.28. The Kier molecular flexibility index (Phi) is 6.20. The molecule has 1 atom stereocenters. The third-order valence-electron chi connectivity index (χ3n) is 5.71. The van der Waals surface area contributed by atoms with E-state index in [0.717, 1.165) is 17.2 Å². The normalized spacial score (nSPS) is 12.3. The Bertz CT molecular complexity index is 1460. The molecule has 176 valence electrons. The van der Waals surface area contributed by atoms with E-state index in [-0.39, 0.29) is 6.54 Å². The lowest BCUT2D eigenvalue weighted by Gasteiger charge is -2.25. The van der Waals surface area contributed by atoms with Gasteiger partial charge in [0.1, 0.15) is 11.6 Å². The topological polar surface area (TPSA) is 67.1 Å². The zero-order valence-corrected chi connectivity index (χ0v) is 19.2. The van der Waals surface area contributed by atoms with E-state index in [9.17, 15) is 8.78 Å². The van der Waals surface area contributed by atoms with Crippen LogP contribution in [0.5, 0.6) is 0 Å². The summed E-state index contributed by atoms with van der Waals surface area (Å²) in [6.07, 6.45) is 0. The fourth-order valence-corrected chi connectivity index (χ4v) is 3.90. The first-order chi connectivity index (χ1) is 17.0. The Morgan fingerprint density at radius 1 is 0.857 bits per heavy atom. The molecule has 2 aromatic heterocycles. The Balaban J connectivity index is 1.56. The maximum atomic E-state index is 14.6. The summed E-state index contributed by atoms with van der Waals surface area (Å²) < 4.78 is 34.1. The maximum absolute atomic E-state index is 14.6. The van der Waals surface area contributed by atoms with Gasteiger partial charge in [-0.15, -0.1) is 0 Å². The van der Waals surface area contributed by atoms with Crippen molar-refractivity contribution in [3.63, 3.8) is 0 Å². The fraction of sp³-hybridized carbons (Fsp3) is 0.148. The SMILES string of the molecule is CN(C)[C@H](CNc1nc(-c2ccccc2)nc2nc(-c3ccccc3)oc12)c1ccc(F)cc1F. The average molecular weight is 472 g/mol. The van der Waals surface area contributed by atoms with Gasteiger partial charge in [0.2, 0.25) is 17.1 Å². The maximum Gasteiger partial charge on any atom is 0.229 e. The van der Waals surface area contributed by atoms with E-state index in [2.05, 4.69) is 15.3 Å². The number of likely N-dealkylation sites (N-methyl/N-ethyl adjacent to an activating group) is 1.